The van der Waals surface area contributed by atoms with Gasteiger partial charge in [0.25, 0.3) is 5.56 Å². The number of aromatic nitrogens is 2. The van der Waals surface area contributed by atoms with Crippen molar-refractivity contribution in [2.45, 2.75) is 70.7 Å². The van der Waals surface area contributed by atoms with Crippen LogP contribution in [0, 0.1) is 0 Å². The number of hydrogen-bond donors (Lipinski definition) is 2. The first kappa shape index (κ1) is 20.8. The van der Waals surface area contributed by atoms with Gasteiger partial charge in [0.05, 0.1) is 6.61 Å². The fraction of sp³-hybridized carbons (Fsp3) is 0.765. The normalized spacial score (nSPS) is 27.4. The van der Waals surface area contributed by atoms with Gasteiger partial charge in [-0.2, -0.15) is 5.06 Å². The molecule has 2 heterocycles. The first-order valence-electron chi connectivity index (χ1n) is 8.89. The molecular formula is C17H29N3O6. The summed E-state index contributed by atoms with van der Waals surface area (Å²) >= 11 is 0. The second-order valence-corrected chi connectivity index (χ2v) is 6.78. The van der Waals surface area contributed by atoms with E-state index < -0.39 is 35.8 Å². The molecule has 5 atom stereocenters. The molecule has 9 nitrogen and oxygen atoms in total. The minimum atomic E-state index is -0.977. The standard InChI is InChI=1S/C17H29N3O6/c1-6-11(4)20(10(2)3)25-9-12-14(22)15(24-5)16(26-12)19-8-7-13(21)18-17(19)23/h7-8,10-12,14-16,22H,6,9H2,1-5H3,(H,18,21,23)/t11?,12-,14?,15?,16-/m1/s1. The maximum Gasteiger partial charge on any atom is 0.330 e. The number of hydrogen-bond acceptors (Lipinski definition) is 7. The lowest BCUT2D eigenvalue weighted by molar-refractivity contribution is -0.227. The van der Waals surface area contributed by atoms with Crippen LogP contribution in [0.2, 0.25) is 0 Å². The van der Waals surface area contributed by atoms with Gasteiger partial charge in [0.2, 0.25) is 0 Å². The van der Waals surface area contributed by atoms with Gasteiger partial charge in [-0.25, -0.2) is 4.79 Å². The molecule has 1 saturated heterocycles. The van der Waals surface area contributed by atoms with Crippen LogP contribution in [0.4, 0.5) is 0 Å². The van der Waals surface area contributed by atoms with E-state index in [1.165, 1.54) is 23.9 Å². The first-order valence-corrected chi connectivity index (χ1v) is 8.89. The lowest BCUT2D eigenvalue weighted by atomic mass is 10.1. The highest BCUT2D eigenvalue weighted by atomic mass is 16.7. The molecule has 1 aliphatic rings. The van der Waals surface area contributed by atoms with E-state index >= 15 is 0 Å². The van der Waals surface area contributed by atoms with E-state index in [4.69, 9.17) is 14.3 Å². The van der Waals surface area contributed by atoms with Gasteiger partial charge in [-0.15, -0.1) is 0 Å². The Labute approximate surface area is 152 Å². The fourth-order valence-electron chi connectivity index (χ4n) is 3.09. The van der Waals surface area contributed by atoms with Crippen LogP contribution in [-0.4, -0.2) is 63.8 Å². The molecule has 0 aromatic carbocycles. The zero-order valence-electron chi connectivity index (χ0n) is 15.9. The quantitative estimate of drug-likeness (QED) is 0.631. The number of aliphatic hydroxyl groups excluding tert-OH is 1. The van der Waals surface area contributed by atoms with Gasteiger partial charge in [0.1, 0.15) is 18.3 Å². The van der Waals surface area contributed by atoms with Crippen LogP contribution in [0.5, 0.6) is 0 Å². The number of nitrogens with zero attached hydrogens (tertiary/aromatic N) is 2. The third kappa shape index (κ3) is 4.41. The summed E-state index contributed by atoms with van der Waals surface area (Å²) in [6.45, 7) is 8.31. The highest BCUT2D eigenvalue weighted by Crippen LogP contribution is 2.30. The number of H-pyrrole nitrogens is 1. The van der Waals surface area contributed by atoms with Gasteiger partial charge in [-0.3, -0.25) is 19.2 Å². The summed E-state index contributed by atoms with van der Waals surface area (Å²) in [6, 6.07) is 1.60. The lowest BCUT2D eigenvalue weighted by Crippen LogP contribution is -2.42. The van der Waals surface area contributed by atoms with Crippen molar-refractivity contribution in [1.29, 1.82) is 0 Å². The molecular weight excluding hydrogens is 342 g/mol. The molecule has 0 spiro atoms. The molecule has 9 heteroatoms. The van der Waals surface area contributed by atoms with Crippen molar-refractivity contribution >= 4 is 0 Å². The number of rotatable bonds is 8. The van der Waals surface area contributed by atoms with Crippen LogP contribution in [0.1, 0.15) is 40.3 Å². The second-order valence-electron chi connectivity index (χ2n) is 6.78. The Bertz CT molecular complexity index is 688. The molecule has 2 N–H and O–H groups in total. The van der Waals surface area contributed by atoms with E-state index in [9.17, 15) is 14.7 Å². The largest absolute Gasteiger partial charge is 0.387 e. The van der Waals surface area contributed by atoms with Crippen molar-refractivity contribution in [2.24, 2.45) is 0 Å². The van der Waals surface area contributed by atoms with E-state index in [1.54, 1.807) is 0 Å². The van der Waals surface area contributed by atoms with Crippen LogP contribution < -0.4 is 11.2 Å². The summed E-state index contributed by atoms with van der Waals surface area (Å²) in [5, 5.41) is 12.4. The Morgan fingerprint density at radius 2 is 2.08 bits per heavy atom. The molecule has 1 aromatic rings. The van der Waals surface area contributed by atoms with Crippen LogP contribution in [0.15, 0.2) is 21.9 Å². The summed E-state index contributed by atoms with van der Waals surface area (Å²) in [7, 11) is 1.43. The highest BCUT2D eigenvalue weighted by molar-refractivity contribution is 4.94. The molecule has 1 aliphatic heterocycles. The molecule has 0 bridgehead atoms. The first-order chi connectivity index (χ1) is 12.3. The molecule has 2 rings (SSSR count). The molecule has 26 heavy (non-hydrogen) atoms. The number of aromatic amines is 1. The van der Waals surface area contributed by atoms with Crippen molar-refractivity contribution in [2.75, 3.05) is 13.7 Å². The third-order valence-electron chi connectivity index (χ3n) is 4.63. The van der Waals surface area contributed by atoms with Crippen molar-refractivity contribution < 1.29 is 19.4 Å². The van der Waals surface area contributed by atoms with E-state index in [-0.39, 0.29) is 18.7 Å². The van der Waals surface area contributed by atoms with Crippen molar-refractivity contribution in [3.8, 4) is 0 Å². The van der Waals surface area contributed by atoms with E-state index in [1.807, 2.05) is 18.9 Å². The fourth-order valence-corrected chi connectivity index (χ4v) is 3.09. The minimum Gasteiger partial charge on any atom is -0.387 e. The molecule has 3 unspecified atom stereocenters. The molecule has 0 amide bonds. The van der Waals surface area contributed by atoms with E-state index in [0.29, 0.717) is 0 Å². The number of nitrogens with one attached hydrogen (secondary N) is 1. The van der Waals surface area contributed by atoms with Crippen molar-refractivity contribution in [3.63, 3.8) is 0 Å². The lowest BCUT2D eigenvalue weighted by Gasteiger charge is -2.32. The smallest absolute Gasteiger partial charge is 0.330 e. The Morgan fingerprint density at radius 1 is 1.38 bits per heavy atom. The summed E-state index contributed by atoms with van der Waals surface area (Å²) in [5.41, 5.74) is -1.12. The van der Waals surface area contributed by atoms with Crippen LogP contribution >= 0.6 is 0 Å². The van der Waals surface area contributed by atoms with Crippen molar-refractivity contribution in [3.05, 3.63) is 33.1 Å². The molecule has 148 valence electrons. The summed E-state index contributed by atoms with van der Waals surface area (Å²) < 4.78 is 12.4. The molecule has 0 radical (unpaired) electrons. The van der Waals surface area contributed by atoms with Gasteiger partial charge in [0, 0.05) is 31.5 Å². The van der Waals surface area contributed by atoms with E-state index in [2.05, 4.69) is 18.8 Å². The van der Waals surface area contributed by atoms with Crippen LogP contribution in [-0.2, 0) is 14.3 Å². The van der Waals surface area contributed by atoms with Crippen LogP contribution in [0.25, 0.3) is 0 Å². The molecule has 0 aliphatic carbocycles. The predicted molar refractivity (Wildman–Crippen MR) is 94.7 cm³/mol. The number of methoxy groups -OCH3 is 1. The molecule has 1 fully saturated rings. The summed E-state index contributed by atoms with van der Waals surface area (Å²) in [4.78, 5) is 31.3. The maximum atomic E-state index is 12.0. The molecule has 0 saturated carbocycles. The monoisotopic (exact) mass is 371 g/mol. The zero-order valence-corrected chi connectivity index (χ0v) is 15.9. The number of hydroxylamine groups is 2. The molecule has 1 aromatic heterocycles. The Balaban J connectivity index is 2.14. The van der Waals surface area contributed by atoms with Gasteiger partial charge in [-0.05, 0) is 27.2 Å². The maximum absolute atomic E-state index is 12.0. The highest BCUT2D eigenvalue weighted by Gasteiger charge is 2.46. The van der Waals surface area contributed by atoms with Gasteiger partial charge in [0.15, 0.2) is 6.23 Å². The zero-order chi connectivity index (χ0) is 19.4. The number of aliphatic hydroxyl groups is 1. The minimum absolute atomic E-state index is 0.123. The topological polar surface area (TPSA) is 106 Å². The Morgan fingerprint density at radius 3 is 2.62 bits per heavy atom. The summed E-state index contributed by atoms with van der Waals surface area (Å²) in [6.07, 6.45) is -1.02. The van der Waals surface area contributed by atoms with Crippen molar-refractivity contribution in [1.82, 2.24) is 14.6 Å². The number of ether oxygens (including phenoxy) is 2. The Kier molecular flexibility index (Phi) is 7.13. The van der Waals surface area contributed by atoms with Gasteiger partial charge in [-0.1, -0.05) is 6.92 Å². The van der Waals surface area contributed by atoms with Gasteiger partial charge >= 0.3 is 5.69 Å². The predicted octanol–water partition coefficient (Wildman–Crippen LogP) is 0.250. The average Bonchev–Trinajstić information content (AvgIpc) is 2.90. The Hall–Kier alpha value is -1.52. The SMILES string of the molecule is CCC(C)N(OC[C@H]1O[C@@H](n2ccc(=O)[nH]c2=O)C(OC)C1O)C(C)C. The van der Waals surface area contributed by atoms with E-state index in [0.717, 1.165) is 6.42 Å². The third-order valence-corrected chi connectivity index (χ3v) is 4.63. The second kappa shape index (κ2) is 8.92. The van der Waals surface area contributed by atoms with Gasteiger partial charge < -0.3 is 14.6 Å². The van der Waals surface area contributed by atoms with Crippen LogP contribution in [0.3, 0.4) is 0 Å². The average molecular weight is 371 g/mol. The summed E-state index contributed by atoms with van der Waals surface area (Å²) in [5.74, 6) is 0.